The Hall–Kier alpha value is -1.60. The summed E-state index contributed by atoms with van der Waals surface area (Å²) in [5.74, 6) is 0. The molecule has 0 aliphatic rings. The van der Waals surface area contributed by atoms with Gasteiger partial charge in [0.1, 0.15) is 0 Å². The Morgan fingerprint density at radius 3 is 2.25 bits per heavy atom. The fourth-order valence-corrected chi connectivity index (χ4v) is 2.52. The highest BCUT2D eigenvalue weighted by Crippen LogP contribution is 2.09. The van der Waals surface area contributed by atoms with E-state index >= 15 is 0 Å². The van der Waals surface area contributed by atoms with E-state index in [4.69, 9.17) is 0 Å². The number of nitrogens with one attached hydrogen (secondary N) is 1. The van der Waals surface area contributed by atoms with Gasteiger partial charge in [-0.25, -0.2) is 0 Å². The third-order valence-electron chi connectivity index (χ3n) is 3.73. The normalized spacial score (nSPS) is 10.7. The molecule has 0 aromatic heterocycles. The second kappa shape index (κ2) is 8.55. The molecule has 0 unspecified atom stereocenters. The number of rotatable bonds is 8. The van der Waals surface area contributed by atoms with Crippen molar-refractivity contribution in [2.24, 2.45) is 0 Å². The van der Waals surface area contributed by atoms with Gasteiger partial charge in [-0.05, 0) is 48.9 Å². The molecule has 2 aromatic carbocycles. The van der Waals surface area contributed by atoms with Crippen LogP contribution >= 0.6 is 0 Å². The quantitative estimate of drug-likeness (QED) is 0.701. The summed E-state index contributed by atoms with van der Waals surface area (Å²) in [4.78, 5) is 0. The van der Waals surface area contributed by atoms with Crippen molar-refractivity contribution in [2.75, 3.05) is 6.54 Å². The van der Waals surface area contributed by atoms with Crippen molar-refractivity contribution in [2.45, 2.75) is 39.2 Å². The first-order valence-corrected chi connectivity index (χ1v) is 7.71. The largest absolute Gasteiger partial charge is 0.313 e. The van der Waals surface area contributed by atoms with Crippen molar-refractivity contribution in [1.29, 1.82) is 0 Å². The SMILES string of the molecule is CCc1ccccc1CNCCCCc1ccccc1. The molecule has 2 aromatic rings. The van der Waals surface area contributed by atoms with Crippen LogP contribution in [-0.2, 0) is 19.4 Å². The van der Waals surface area contributed by atoms with Gasteiger partial charge in [-0.15, -0.1) is 0 Å². The molecule has 0 spiro atoms. The minimum absolute atomic E-state index is 0.995. The molecule has 2 rings (SSSR count). The van der Waals surface area contributed by atoms with E-state index in [9.17, 15) is 0 Å². The first-order valence-electron chi connectivity index (χ1n) is 7.71. The van der Waals surface area contributed by atoms with E-state index in [1.54, 1.807) is 0 Å². The van der Waals surface area contributed by atoms with Gasteiger partial charge in [0.05, 0.1) is 0 Å². The second-order valence-electron chi connectivity index (χ2n) is 5.24. The summed E-state index contributed by atoms with van der Waals surface area (Å²) in [5, 5.41) is 3.56. The van der Waals surface area contributed by atoms with Gasteiger partial charge in [0.2, 0.25) is 0 Å². The van der Waals surface area contributed by atoms with Crippen LogP contribution in [0.2, 0.25) is 0 Å². The van der Waals surface area contributed by atoms with E-state index in [2.05, 4.69) is 66.8 Å². The van der Waals surface area contributed by atoms with Crippen molar-refractivity contribution >= 4 is 0 Å². The second-order valence-corrected chi connectivity index (χ2v) is 5.24. The maximum atomic E-state index is 3.56. The zero-order chi connectivity index (χ0) is 14.0. The van der Waals surface area contributed by atoms with E-state index in [0.717, 1.165) is 19.5 Å². The molecule has 0 amide bonds. The maximum Gasteiger partial charge on any atom is 0.0208 e. The van der Waals surface area contributed by atoms with Gasteiger partial charge in [-0.2, -0.15) is 0 Å². The average Bonchev–Trinajstić information content (AvgIpc) is 2.52. The fourth-order valence-electron chi connectivity index (χ4n) is 2.52. The van der Waals surface area contributed by atoms with Crippen LogP contribution in [0.3, 0.4) is 0 Å². The van der Waals surface area contributed by atoms with Crippen LogP contribution in [0.25, 0.3) is 0 Å². The van der Waals surface area contributed by atoms with Gasteiger partial charge in [-0.1, -0.05) is 61.5 Å². The van der Waals surface area contributed by atoms with Crippen LogP contribution in [0, 0.1) is 0 Å². The molecule has 0 saturated carbocycles. The zero-order valence-corrected chi connectivity index (χ0v) is 12.4. The molecule has 1 nitrogen and oxygen atoms in total. The van der Waals surface area contributed by atoms with E-state index in [0.29, 0.717) is 0 Å². The van der Waals surface area contributed by atoms with Gasteiger partial charge in [0.25, 0.3) is 0 Å². The fraction of sp³-hybridized carbons (Fsp3) is 0.368. The first-order chi connectivity index (χ1) is 9.90. The van der Waals surface area contributed by atoms with Crippen molar-refractivity contribution < 1.29 is 0 Å². The Balaban J connectivity index is 1.62. The lowest BCUT2D eigenvalue weighted by Gasteiger charge is -2.09. The number of hydrogen-bond acceptors (Lipinski definition) is 1. The smallest absolute Gasteiger partial charge is 0.0208 e. The lowest BCUT2D eigenvalue weighted by atomic mass is 10.1. The highest BCUT2D eigenvalue weighted by atomic mass is 14.8. The molecular formula is C19H25N. The average molecular weight is 267 g/mol. The highest BCUT2D eigenvalue weighted by Gasteiger charge is 1.98. The molecule has 0 radical (unpaired) electrons. The van der Waals surface area contributed by atoms with Gasteiger partial charge < -0.3 is 5.32 Å². The molecule has 0 saturated heterocycles. The Morgan fingerprint density at radius 1 is 0.800 bits per heavy atom. The van der Waals surface area contributed by atoms with Crippen LogP contribution in [0.4, 0.5) is 0 Å². The summed E-state index contributed by atoms with van der Waals surface area (Å²) in [6, 6.07) is 19.5. The Morgan fingerprint density at radius 2 is 1.50 bits per heavy atom. The summed E-state index contributed by atoms with van der Waals surface area (Å²) in [7, 11) is 0. The first kappa shape index (κ1) is 14.8. The Labute approximate surface area is 123 Å². The van der Waals surface area contributed by atoms with Crippen LogP contribution in [0.5, 0.6) is 0 Å². The molecule has 1 heteroatoms. The summed E-state index contributed by atoms with van der Waals surface area (Å²) in [6.45, 7) is 4.32. The predicted octanol–water partition coefficient (Wildman–Crippen LogP) is 4.36. The van der Waals surface area contributed by atoms with Gasteiger partial charge in [0, 0.05) is 6.54 Å². The molecule has 0 fully saturated rings. The summed E-state index contributed by atoms with van der Waals surface area (Å²) in [6.07, 6.45) is 4.80. The number of hydrogen-bond donors (Lipinski definition) is 1. The van der Waals surface area contributed by atoms with Crippen LogP contribution in [-0.4, -0.2) is 6.54 Å². The topological polar surface area (TPSA) is 12.0 Å². The molecule has 0 aliphatic heterocycles. The summed E-state index contributed by atoms with van der Waals surface area (Å²) in [5.41, 5.74) is 4.35. The van der Waals surface area contributed by atoms with Gasteiger partial charge >= 0.3 is 0 Å². The molecule has 20 heavy (non-hydrogen) atoms. The minimum atomic E-state index is 0.995. The molecule has 0 heterocycles. The number of aryl methyl sites for hydroxylation is 2. The minimum Gasteiger partial charge on any atom is -0.313 e. The molecule has 0 atom stereocenters. The lowest BCUT2D eigenvalue weighted by Crippen LogP contribution is -2.15. The lowest BCUT2D eigenvalue weighted by molar-refractivity contribution is 0.621. The van der Waals surface area contributed by atoms with E-state index in [1.165, 1.54) is 36.0 Å². The van der Waals surface area contributed by atoms with Crippen molar-refractivity contribution in [3.63, 3.8) is 0 Å². The van der Waals surface area contributed by atoms with E-state index < -0.39 is 0 Å². The summed E-state index contributed by atoms with van der Waals surface area (Å²) >= 11 is 0. The standard InChI is InChI=1S/C19H25N/c1-2-18-13-6-7-14-19(18)16-20-15-9-8-12-17-10-4-3-5-11-17/h3-7,10-11,13-14,20H,2,8-9,12,15-16H2,1H3. The number of benzene rings is 2. The Bertz CT molecular complexity index is 490. The molecule has 0 bridgehead atoms. The third kappa shape index (κ3) is 4.82. The van der Waals surface area contributed by atoms with Gasteiger partial charge in [0.15, 0.2) is 0 Å². The molecular weight excluding hydrogens is 242 g/mol. The summed E-state index contributed by atoms with van der Waals surface area (Å²) < 4.78 is 0. The van der Waals surface area contributed by atoms with E-state index in [-0.39, 0.29) is 0 Å². The van der Waals surface area contributed by atoms with Crippen molar-refractivity contribution in [3.05, 3.63) is 71.3 Å². The maximum absolute atomic E-state index is 3.56. The van der Waals surface area contributed by atoms with Crippen molar-refractivity contribution in [1.82, 2.24) is 5.32 Å². The molecule has 0 aliphatic carbocycles. The monoisotopic (exact) mass is 267 g/mol. The molecule has 1 N–H and O–H groups in total. The third-order valence-corrected chi connectivity index (χ3v) is 3.73. The molecule has 106 valence electrons. The zero-order valence-electron chi connectivity index (χ0n) is 12.4. The predicted molar refractivity (Wildman–Crippen MR) is 86.9 cm³/mol. The van der Waals surface area contributed by atoms with E-state index in [1.807, 2.05) is 0 Å². The van der Waals surface area contributed by atoms with Gasteiger partial charge in [-0.3, -0.25) is 0 Å². The van der Waals surface area contributed by atoms with Crippen LogP contribution in [0.1, 0.15) is 36.5 Å². The highest BCUT2D eigenvalue weighted by molar-refractivity contribution is 5.26. The number of unbranched alkanes of at least 4 members (excludes halogenated alkanes) is 1. The van der Waals surface area contributed by atoms with Crippen molar-refractivity contribution in [3.8, 4) is 0 Å². The van der Waals surface area contributed by atoms with Crippen LogP contribution < -0.4 is 5.32 Å². The Kier molecular flexibility index (Phi) is 6.33. The van der Waals surface area contributed by atoms with Crippen LogP contribution in [0.15, 0.2) is 54.6 Å².